The molecule has 0 aliphatic carbocycles. The van der Waals surface area contributed by atoms with Gasteiger partial charge in [-0.25, -0.2) is 4.79 Å². The lowest BCUT2D eigenvalue weighted by atomic mass is 10.1. The molecule has 0 saturated heterocycles. The number of nitro groups is 1. The third-order valence-electron chi connectivity index (χ3n) is 3.12. The Bertz CT molecular complexity index is 648. The van der Waals surface area contributed by atoms with Gasteiger partial charge >= 0.3 is 11.7 Å². The summed E-state index contributed by atoms with van der Waals surface area (Å²) in [4.78, 5) is 34.8. The third-order valence-corrected chi connectivity index (χ3v) is 3.12. The summed E-state index contributed by atoms with van der Waals surface area (Å²) >= 11 is 0. The molecule has 118 valence electrons. The van der Waals surface area contributed by atoms with E-state index < -0.39 is 41.0 Å². The highest BCUT2D eigenvalue weighted by Gasteiger charge is 2.36. The standard InChI is InChI=1S/C13H13FN2O6/c1-3-21-13(18)7(2)15-10-5-9(16(19)20)8(14)4-11(10)22-6-12(15)17/h4-5,7H,3,6H2,1-2H3. The van der Waals surface area contributed by atoms with Gasteiger partial charge in [0.05, 0.1) is 17.2 Å². The van der Waals surface area contributed by atoms with E-state index in [4.69, 9.17) is 9.47 Å². The van der Waals surface area contributed by atoms with Gasteiger partial charge in [0, 0.05) is 12.1 Å². The molecule has 0 saturated carbocycles. The van der Waals surface area contributed by atoms with Crippen LogP contribution in [0.3, 0.4) is 0 Å². The van der Waals surface area contributed by atoms with Crippen LogP contribution in [0.2, 0.25) is 0 Å². The maximum absolute atomic E-state index is 13.6. The number of nitrogens with zero attached hydrogens (tertiary/aromatic N) is 2. The van der Waals surface area contributed by atoms with Crippen LogP contribution in [0.4, 0.5) is 15.8 Å². The molecule has 0 bridgehead atoms. The Morgan fingerprint density at radius 3 is 2.86 bits per heavy atom. The Kier molecular flexibility index (Phi) is 4.25. The van der Waals surface area contributed by atoms with Crippen LogP contribution in [0, 0.1) is 15.9 Å². The van der Waals surface area contributed by atoms with E-state index in [1.54, 1.807) is 6.92 Å². The molecule has 8 nitrogen and oxygen atoms in total. The normalized spacial score (nSPS) is 14.9. The number of anilines is 1. The topological polar surface area (TPSA) is 99.0 Å². The smallest absolute Gasteiger partial charge is 0.328 e. The van der Waals surface area contributed by atoms with Crippen LogP contribution in [-0.2, 0) is 14.3 Å². The Hall–Kier alpha value is -2.71. The van der Waals surface area contributed by atoms with Gasteiger partial charge in [-0.2, -0.15) is 4.39 Å². The van der Waals surface area contributed by atoms with Gasteiger partial charge in [-0.1, -0.05) is 0 Å². The molecule has 1 heterocycles. The molecule has 9 heteroatoms. The lowest BCUT2D eigenvalue weighted by Crippen LogP contribution is -2.48. The SMILES string of the molecule is CCOC(=O)C(C)N1C(=O)COc2cc(F)c([N+](=O)[O-])cc21. The minimum atomic E-state index is -1.08. The molecule has 0 fully saturated rings. The first-order valence-corrected chi connectivity index (χ1v) is 6.46. The average Bonchev–Trinajstić information content (AvgIpc) is 2.46. The number of benzene rings is 1. The predicted molar refractivity (Wildman–Crippen MR) is 72.1 cm³/mol. The van der Waals surface area contributed by atoms with Gasteiger partial charge in [0.1, 0.15) is 11.8 Å². The van der Waals surface area contributed by atoms with Gasteiger partial charge in [-0.15, -0.1) is 0 Å². The number of nitro benzene ring substituents is 1. The van der Waals surface area contributed by atoms with Crippen LogP contribution < -0.4 is 9.64 Å². The zero-order valence-corrected chi connectivity index (χ0v) is 11.9. The van der Waals surface area contributed by atoms with E-state index in [1.165, 1.54) is 6.92 Å². The lowest BCUT2D eigenvalue weighted by molar-refractivity contribution is -0.387. The van der Waals surface area contributed by atoms with Crippen molar-refractivity contribution in [3.05, 3.63) is 28.1 Å². The number of halogens is 1. The fourth-order valence-electron chi connectivity index (χ4n) is 2.11. The second-order valence-corrected chi connectivity index (χ2v) is 4.51. The predicted octanol–water partition coefficient (Wildman–Crippen LogP) is 1.41. The molecule has 0 N–H and O–H groups in total. The van der Waals surface area contributed by atoms with Gasteiger partial charge in [0.25, 0.3) is 5.91 Å². The van der Waals surface area contributed by atoms with Crippen molar-refractivity contribution in [1.82, 2.24) is 0 Å². The second-order valence-electron chi connectivity index (χ2n) is 4.51. The molecule has 1 aromatic rings. The molecule has 22 heavy (non-hydrogen) atoms. The summed E-state index contributed by atoms with van der Waals surface area (Å²) in [6.45, 7) is 2.76. The minimum Gasteiger partial charge on any atom is -0.481 e. The van der Waals surface area contributed by atoms with E-state index >= 15 is 0 Å². The number of rotatable bonds is 4. The average molecular weight is 312 g/mol. The molecule has 2 rings (SSSR count). The van der Waals surface area contributed by atoms with Crippen molar-refractivity contribution >= 4 is 23.3 Å². The first-order valence-electron chi connectivity index (χ1n) is 6.46. The summed E-state index contributed by atoms with van der Waals surface area (Å²) in [7, 11) is 0. The molecular formula is C13H13FN2O6. The molecular weight excluding hydrogens is 299 g/mol. The van der Waals surface area contributed by atoms with Crippen LogP contribution in [-0.4, -0.2) is 36.1 Å². The van der Waals surface area contributed by atoms with E-state index in [9.17, 15) is 24.1 Å². The number of amides is 1. The third kappa shape index (κ3) is 2.69. The number of carbonyl (C=O) groups excluding carboxylic acids is 2. The monoisotopic (exact) mass is 312 g/mol. The summed E-state index contributed by atoms with van der Waals surface area (Å²) in [6.07, 6.45) is 0. The van der Waals surface area contributed by atoms with E-state index in [-0.39, 0.29) is 18.0 Å². The summed E-state index contributed by atoms with van der Waals surface area (Å²) in [6, 6.07) is 0.683. The molecule has 0 spiro atoms. The van der Waals surface area contributed by atoms with Gasteiger partial charge in [0.2, 0.25) is 5.82 Å². The number of fused-ring (bicyclic) bond motifs is 1. The fraction of sp³-hybridized carbons (Fsp3) is 0.385. The summed E-state index contributed by atoms with van der Waals surface area (Å²) in [5, 5.41) is 10.8. The quantitative estimate of drug-likeness (QED) is 0.473. The number of ether oxygens (including phenoxy) is 2. The van der Waals surface area contributed by atoms with Crippen molar-refractivity contribution in [2.24, 2.45) is 0 Å². The Morgan fingerprint density at radius 2 is 2.27 bits per heavy atom. The number of hydrogen-bond donors (Lipinski definition) is 0. The first-order chi connectivity index (χ1) is 10.4. The maximum Gasteiger partial charge on any atom is 0.328 e. The van der Waals surface area contributed by atoms with Crippen LogP contribution in [0.5, 0.6) is 5.75 Å². The van der Waals surface area contributed by atoms with E-state index in [2.05, 4.69) is 0 Å². The van der Waals surface area contributed by atoms with Gasteiger partial charge in [0.15, 0.2) is 6.61 Å². The Morgan fingerprint density at radius 1 is 1.59 bits per heavy atom. The highest BCUT2D eigenvalue weighted by molar-refractivity contribution is 6.03. The molecule has 1 unspecified atom stereocenters. The molecule has 1 atom stereocenters. The highest BCUT2D eigenvalue weighted by Crippen LogP contribution is 2.38. The first kappa shape index (κ1) is 15.7. The van der Waals surface area contributed by atoms with Crippen LogP contribution in [0.25, 0.3) is 0 Å². The fourth-order valence-corrected chi connectivity index (χ4v) is 2.11. The molecule has 0 radical (unpaired) electrons. The van der Waals surface area contributed by atoms with Crippen LogP contribution in [0.1, 0.15) is 13.8 Å². The maximum atomic E-state index is 13.6. The highest BCUT2D eigenvalue weighted by atomic mass is 19.1. The minimum absolute atomic E-state index is 0.0371. The molecule has 1 aliphatic heterocycles. The number of carbonyl (C=O) groups is 2. The van der Waals surface area contributed by atoms with Crippen molar-refractivity contribution < 1.29 is 28.4 Å². The zero-order valence-electron chi connectivity index (χ0n) is 11.9. The largest absolute Gasteiger partial charge is 0.481 e. The molecule has 1 aliphatic rings. The number of esters is 1. The van der Waals surface area contributed by atoms with E-state index in [0.717, 1.165) is 17.0 Å². The molecule has 1 aromatic carbocycles. The number of hydrogen-bond acceptors (Lipinski definition) is 6. The van der Waals surface area contributed by atoms with E-state index in [1.807, 2.05) is 0 Å². The summed E-state index contributed by atoms with van der Waals surface area (Å²) in [5.41, 5.74) is -0.844. The van der Waals surface area contributed by atoms with Crippen molar-refractivity contribution in [3.8, 4) is 5.75 Å². The molecule has 1 amide bonds. The Labute approximate surface area is 124 Å². The van der Waals surface area contributed by atoms with E-state index in [0.29, 0.717) is 0 Å². The summed E-state index contributed by atoms with van der Waals surface area (Å²) < 4.78 is 23.5. The van der Waals surface area contributed by atoms with Gasteiger partial charge in [-0.3, -0.25) is 19.8 Å². The lowest BCUT2D eigenvalue weighted by Gasteiger charge is -2.32. The van der Waals surface area contributed by atoms with Gasteiger partial charge in [-0.05, 0) is 13.8 Å². The van der Waals surface area contributed by atoms with Crippen LogP contribution >= 0.6 is 0 Å². The van der Waals surface area contributed by atoms with Crippen molar-refractivity contribution in [1.29, 1.82) is 0 Å². The van der Waals surface area contributed by atoms with Crippen LogP contribution in [0.15, 0.2) is 12.1 Å². The van der Waals surface area contributed by atoms with Crippen molar-refractivity contribution in [2.45, 2.75) is 19.9 Å². The Balaban J connectivity index is 2.49. The zero-order chi connectivity index (χ0) is 16.4. The van der Waals surface area contributed by atoms with Crippen molar-refractivity contribution in [2.75, 3.05) is 18.1 Å². The summed E-state index contributed by atoms with van der Waals surface area (Å²) in [5.74, 6) is -2.37. The second kappa shape index (κ2) is 5.96. The van der Waals surface area contributed by atoms with Gasteiger partial charge < -0.3 is 9.47 Å². The molecule has 0 aromatic heterocycles. The van der Waals surface area contributed by atoms with Crippen molar-refractivity contribution in [3.63, 3.8) is 0 Å².